The number of hydrogen-bond acceptors (Lipinski definition) is 3. The first-order chi connectivity index (χ1) is 6.77. The van der Waals surface area contributed by atoms with Gasteiger partial charge in [0.05, 0.1) is 0 Å². The van der Waals surface area contributed by atoms with E-state index in [1.807, 2.05) is 11.8 Å². The van der Waals surface area contributed by atoms with E-state index in [1.165, 1.54) is 6.07 Å². The van der Waals surface area contributed by atoms with Crippen LogP contribution in [0.15, 0.2) is 12.3 Å². The van der Waals surface area contributed by atoms with Gasteiger partial charge in [-0.2, -0.15) is 0 Å². The minimum atomic E-state index is -0.216. The van der Waals surface area contributed by atoms with Crippen molar-refractivity contribution in [2.75, 3.05) is 31.1 Å². The summed E-state index contributed by atoms with van der Waals surface area (Å²) in [5.74, 6) is 0.268. The summed E-state index contributed by atoms with van der Waals surface area (Å²) in [7, 11) is 0. The number of halogens is 3. The largest absolute Gasteiger partial charge is 0.352 e. The summed E-state index contributed by atoms with van der Waals surface area (Å²) in [4.78, 5) is 6.10. The Labute approximate surface area is 107 Å². The van der Waals surface area contributed by atoms with Crippen molar-refractivity contribution >= 4 is 30.6 Å². The van der Waals surface area contributed by atoms with Crippen LogP contribution in [0.2, 0.25) is 0 Å². The summed E-state index contributed by atoms with van der Waals surface area (Å²) in [5, 5.41) is 3.22. The Kier molecular flexibility index (Phi) is 6.64. The van der Waals surface area contributed by atoms with E-state index >= 15 is 0 Å². The van der Waals surface area contributed by atoms with Crippen molar-refractivity contribution < 1.29 is 4.39 Å². The number of aromatic nitrogens is 1. The second-order valence-electron chi connectivity index (χ2n) is 3.56. The highest BCUT2D eigenvalue weighted by molar-refractivity contribution is 5.85. The SMILES string of the molecule is Cc1cnc(N2CCNCC2)c(F)c1.Cl.Cl. The maximum absolute atomic E-state index is 13.5. The summed E-state index contributed by atoms with van der Waals surface area (Å²) in [5.41, 5.74) is 0.862. The summed E-state index contributed by atoms with van der Waals surface area (Å²) in [6.07, 6.45) is 1.71. The molecule has 1 aromatic heterocycles. The number of piperazine rings is 1. The molecular formula is C10H16Cl2FN3. The number of rotatable bonds is 1. The normalized spacial score (nSPS) is 15.0. The van der Waals surface area contributed by atoms with Crippen molar-refractivity contribution in [3.8, 4) is 0 Å². The van der Waals surface area contributed by atoms with Gasteiger partial charge in [-0.15, -0.1) is 24.8 Å². The molecule has 0 bridgehead atoms. The first kappa shape index (κ1) is 15.4. The fraction of sp³-hybridized carbons (Fsp3) is 0.500. The molecule has 0 amide bonds. The van der Waals surface area contributed by atoms with Crippen molar-refractivity contribution in [2.45, 2.75) is 6.92 Å². The Balaban J connectivity index is 0.00000112. The fourth-order valence-corrected chi connectivity index (χ4v) is 1.64. The van der Waals surface area contributed by atoms with Crippen molar-refractivity contribution in [1.29, 1.82) is 0 Å². The number of nitrogens with zero attached hydrogens (tertiary/aromatic N) is 2. The monoisotopic (exact) mass is 267 g/mol. The van der Waals surface area contributed by atoms with Crippen LogP contribution in [-0.4, -0.2) is 31.2 Å². The standard InChI is InChI=1S/C10H14FN3.2ClH/c1-8-6-9(11)10(13-7-8)14-4-2-12-3-5-14;;/h6-7,12H,2-5H2,1H3;2*1H. The average Bonchev–Trinajstić information content (AvgIpc) is 2.19. The zero-order chi connectivity index (χ0) is 9.97. The minimum absolute atomic E-state index is 0. The van der Waals surface area contributed by atoms with Crippen molar-refractivity contribution in [3.63, 3.8) is 0 Å². The minimum Gasteiger partial charge on any atom is -0.352 e. The van der Waals surface area contributed by atoms with E-state index in [0.717, 1.165) is 31.7 Å². The lowest BCUT2D eigenvalue weighted by atomic mass is 10.3. The Morgan fingerprint density at radius 1 is 1.31 bits per heavy atom. The fourth-order valence-electron chi connectivity index (χ4n) is 1.64. The van der Waals surface area contributed by atoms with Crippen LogP contribution in [-0.2, 0) is 0 Å². The number of hydrogen-bond donors (Lipinski definition) is 1. The molecule has 0 atom stereocenters. The summed E-state index contributed by atoms with van der Waals surface area (Å²) < 4.78 is 13.5. The van der Waals surface area contributed by atoms with Gasteiger partial charge in [0.1, 0.15) is 0 Å². The predicted molar refractivity (Wildman–Crippen MR) is 68.5 cm³/mol. The van der Waals surface area contributed by atoms with Gasteiger partial charge in [0.25, 0.3) is 0 Å². The topological polar surface area (TPSA) is 28.2 Å². The molecule has 0 radical (unpaired) electrons. The van der Waals surface area contributed by atoms with E-state index in [0.29, 0.717) is 5.82 Å². The third kappa shape index (κ3) is 3.47. The van der Waals surface area contributed by atoms with Gasteiger partial charge >= 0.3 is 0 Å². The summed E-state index contributed by atoms with van der Waals surface area (Å²) in [6, 6.07) is 1.53. The predicted octanol–water partition coefficient (Wildman–Crippen LogP) is 1.78. The molecule has 1 aromatic rings. The van der Waals surface area contributed by atoms with Gasteiger partial charge in [0.15, 0.2) is 11.6 Å². The molecule has 6 heteroatoms. The highest BCUT2D eigenvalue weighted by Crippen LogP contribution is 2.16. The van der Waals surface area contributed by atoms with Gasteiger partial charge in [-0.3, -0.25) is 0 Å². The lowest BCUT2D eigenvalue weighted by Crippen LogP contribution is -2.44. The molecule has 0 unspecified atom stereocenters. The van der Waals surface area contributed by atoms with Gasteiger partial charge in [0.2, 0.25) is 0 Å². The molecule has 1 aliphatic heterocycles. The molecular weight excluding hydrogens is 252 g/mol. The van der Waals surface area contributed by atoms with Crippen molar-refractivity contribution in [3.05, 3.63) is 23.6 Å². The van der Waals surface area contributed by atoms with E-state index in [2.05, 4.69) is 10.3 Å². The Morgan fingerprint density at radius 2 is 1.94 bits per heavy atom. The maximum Gasteiger partial charge on any atom is 0.165 e. The van der Waals surface area contributed by atoms with Crippen molar-refractivity contribution in [1.82, 2.24) is 10.3 Å². The molecule has 1 saturated heterocycles. The van der Waals surface area contributed by atoms with Gasteiger partial charge < -0.3 is 10.2 Å². The van der Waals surface area contributed by atoms with Gasteiger partial charge in [0, 0.05) is 32.4 Å². The van der Waals surface area contributed by atoms with Gasteiger partial charge in [-0.1, -0.05) is 0 Å². The van der Waals surface area contributed by atoms with Crippen LogP contribution >= 0.6 is 24.8 Å². The van der Waals surface area contributed by atoms with Crippen LogP contribution < -0.4 is 10.2 Å². The van der Waals surface area contributed by atoms with Gasteiger partial charge in [-0.05, 0) is 18.6 Å². The molecule has 1 aliphatic rings. The highest BCUT2D eigenvalue weighted by Gasteiger charge is 2.15. The quantitative estimate of drug-likeness (QED) is 0.841. The first-order valence-corrected chi connectivity index (χ1v) is 4.85. The number of pyridine rings is 1. The molecule has 0 aliphatic carbocycles. The average molecular weight is 268 g/mol. The van der Waals surface area contributed by atoms with Crippen molar-refractivity contribution in [2.24, 2.45) is 0 Å². The molecule has 2 rings (SSSR count). The molecule has 0 aromatic carbocycles. The van der Waals surface area contributed by atoms with Crippen LogP contribution in [0.25, 0.3) is 0 Å². The van der Waals surface area contributed by atoms with Crippen LogP contribution in [0.1, 0.15) is 5.56 Å². The number of anilines is 1. The molecule has 1 fully saturated rings. The highest BCUT2D eigenvalue weighted by atomic mass is 35.5. The second-order valence-corrected chi connectivity index (χ2v) is 3.56. The number of aryl methyl sites for hydroxylation is 1. The molecule has 0 saturated carbocycles. The molecule has 16 heavy (non-hydrogen) atoms. The second kappa shape index (κ2) is 6.89. The Morgan fingerprint density at radius 3 is 2.50 bits per heavy atom. The summed E-state index contributed by atoms with van der Waals surface area (Å²) >= 11 is 0. The first-order valence-electron chi connectivity index (χ1n) is 4.85. The molecule has 1 N–H and O–H groups in total. The molecule has 0 spiro atoms. The Hall–Kier alpha value is -0.580. The van der Waals surface area contributed by atoms with Crippen LogP contribution in [0.4, 0.5) is 10.2 Å². The lowest BCUT2D eigenvalue weighted by molar-refractivity contribution is 0.558. The third-order valence-electron chi connectivity index (χ3n) is 2.38. The molecule has 3 nitrogen and oxygen atoms in total. The zero-order valence-corrected chi connectivity index (χ0v) is 10.7. The Bertz CT molecular complexity index is 330. The van der Waals surface area contributed by atoms with E-state index in [4.69, 9.17) is 0 Å². The lowest BCUT2D eigenvalue weighted by Gasteiger charge is -2.28. The maximum atomic E-state index is 13.5. The third-order valence-corrected chi connectivity index (χ3v) is 2.38. The van der Waals surface area contributed by atoms with Crippen LogP contribution in [0, 0.1) is 12.7 Å². The smallest absolute Gasteiger partial charge is 0.165 e. The van der Waals surface area contributed by atoms with E-state index in [-0.39, 0.29) is 30.6 Å². The van der Waals surface area contributed by atoms with Gasteiger partial charge in [-0.25, -0.2) is 9.37 Å². The summed E-state index contributed by atoms with van der Waals surface area (Å²) in [6.45, 7) is 5.29. The van der Waals surface area contributed by atoms with E-state index in [9.17, 15) is 4.39 Å². The molecule has 92 valence electrons. The van der Waals surface area contributed by atoms with E-state index < -0.39 is 0 Å². The van der Waals surface area contributed by atoms with E-state index in [1.54, 1.807) is 6.20 Å². The number of nitrogens with one attached hydrogen (secondary N) is 1. The van der Waals surface area contributed by atoms with Crippen LogP contribution in [0.3, 0.4) is 0 Å². The molecule has 2 heterocycles. The van der Waals surface area contributed by atoms with Crippen LogP contribution in [0.5, 0.6) is 0 Å². The zero-order valence-electron chi connectivity index (χ0n) is 9.07.